The van der Waals surface area contributed by atoms with Gasteiger partial charge in [-0.1, -0.05) is 22.0 Å². The van der Waals surface area contributed by atoms with Crippen LogP contribution in [0, 0.1) is 6.92 Å². The van der Waals surface area contributed by atoms with Crippen LogP contribution in [-0.2, 0) is 9.53 Å². The Labute approximate surface area is 115 Å². The molecule has 0 aliphatic rings. The molecule has 0 heterocycles. The Hall–Kier alpha value is -1.36. The third-order valence-corrected chi connectivity index (χ3v) is 3.15. The number of carbonyl (C=O) groups is 2. The minimum atomic E-state index is -0.319. The molecule has 0 aliphatic heterocycles. The van der Waals surface area contributed by atoms with Gasteiger partial charge in [0.2, 0.25) is 0 Å². The average Bonchev–Trinajstić information content (AvgIpc) is 2.37. The van der Waals surface area contributed by atoms with Crippen molar-refractivity contribution in [2.24, 2.45) is 0 Å². The van der Waals surface area contributed by atoms with Gasteiger partial charge in [-0.25, -0.2) is 0 Å². The maximum Gasteiger partial charge on any atom is 0.307 e. The van der Waals surface area contributed by atoms with Crippen LogP contribution >= 0.6 is 15.9 Å². The molecule has 18 heavy (non-hydrogen) atoms. The fraction of sp³-hybridized carbons (Fsp3) is 0.385. The van der Waals surface area contributed by atoms with Gasteiger partial charge < -0.3 is 9.64 Å². The normalized spacial score (nSPS) is 10.0. The van der Waals surface area contributed by atoms with Crippen LogP contribution < -0.4 is 0 Å². The summed E-state index contributed by atoms with van der Waals surface area (Å²) in [6.07, 6.45) is 0.200. The van der Waals surface area contributed by atoms with E-state index in [1.165, 1.54) is 12.0 Å². The second kappa shape index (κ2) is 6.54. The van der Waals surface area contributed by atoms with Crippen LogP contribution in [0.15, 0.2) is 22.7 Å². The van der Waals surface area contributed by atoms with Crippen LogP contribution in [0.1, 0.15) is 22.3 Å². The number of hydrogen-bond acceptors (Lipinski definition) is 3. The summed E-state index contributed by atoms with van der Waals surface area (Å²) in [5, 5.41) is 0. The standard InChI is InChI=1S/C13H16BrNO3/c1-9-4-5-10(14)8-11(9)13(17)15(2)7-6-12(16)18-3/h4-5,8H,6-7H2,1-3H3. The van der Waals surface area contributed by atoms with Crippen LogP contribution in [0.25, 0.3) is 0 Å². The highest BCUT2D eigenvalue weighted by Gasteiger charge is 2.15. The van der Waals surface area contributed by atoms with Gasteiger partial charge in [-0.15, -0.1) is 0 Å². The van der Waals surface area contributed by atoms with E-state index in [0.717, 1.165) is 10.0 Å². The summed E-state index contributed by atoms with van der Waals surface area (Å²) in [6.45, 7) is 2.23. The van der Waals surface area contributed by atoms with Crippen LogP contribution in [0.3, 0.4) is 0 Å². The molecule has 0 aromatic heterocycles. The number of aryl methyl sites for hydroxylation is 1. The molecule has 0 N–H and O–H groups in total. The Balaban J connectivity index is 2.74. The Morgan fingerprint density at radius 1 is 1.39 bits per heavy atom. The fourth-order valence-electron chi connectivity index (χ4n) is 1.49. The highest BCUT2D eigenvalue weighted by molar-refractivity contribution is 9.10. The summed E-state index contributed by atoms with van der Waals surface area (Å²) in [7, 11) is 3.01. The first-order chi connectivity index (χ1) is 8.45. The van der Waals surface area contributed by atoms with E-state index in [0.29, 0.717) is 12.1 Å². The average molecular weight is 314 g/mol. The van der Waals surface area contributed by atoms with Gasteiger partial charge >= 0.3 is 5.97 Å². The lowest BCUT2D eigenvalue weighted by atomic mass is 10.1. The lowest BCUT2D eigenvalue weighted by molar-refractivity contribution is -0.140. The van der Waals surface area contributed by atoms with E-state index in [-0.39, 0.29) is 18.3 Å². The zero-order valence-corrected chi connectivity index (χ0v) is 12.3. The number of rotatable bonds is 4. The molecule has 98 valence electrons. The number of carbonyl (C=O) groups excluding carboxylic acids is 2. The van der Waals surface area contributed by atoms with Gasteiger partial charge in [-0.2, -0.15) is 0 Å². The summed E-state index contributed by atoms with van der Waals surface area (Å²) in [4.78, 5) is 24.7. The Morgan fingerprint density at radius 3 is 2.67 bits per heavy atom. The maximum absolute atomic E-state index is 12.2. The molecule has 0 unspecified atom stereocenters. The summed E-state index contributed by atoms with van der Waals surface area (Å²) in [5.41, 5.74) is 1.55. The summed E-state index contributed by atoms with van der Waals surface area (Å²) in [5.74, 6) is -0.418. The molecular weight excluding hydrogens is 298 g/mol. The maximum atomic E-state index is 12.2. The van der Waals surface area contributed by atoms with E-state index in [1.54, 1.807) is 13.1 Å². The third kappa shape index (κ3) is 3.84. The van der Waals surface area contributed by atoms with E-state index in [2.05, 4.69) is 20.7 Å². The molecule has 0 radical (unpaired) electrons. The molecule has 0 aliphatic carbocycles. The molecule has 1 amide bonds. The van der Waals surface area contributed by atoms with Gasteiger partial charge in [-0.3, -0.25) is 9.59 Å². The summed E-state index contributed by atoms with van der Waals surface area (Å²) >= 11 is 3.34. The van der Waals surface area contributed by atoms with Gasteiger partial charge in [0.15, 0.2) is 0 Å². The number of benzene rings is 1. The molecule has 0 saturated carbocycles. The molecule has 0 fully saturated rings. The second-order valence-corrected chi connectivity index (χ2v) is 4.93. The molecule has 5 heteroatoms. The van der Waals surface area contributed by atoms with Gasteiger partial charge in [0.25, 0.3) is 5.91 Å². The zero-order chi connectivity index (χ0) is 13.7. The van der Waals surface area contributed by atoms with Crippen LogP contribution in [0.2, 0.25) is 0 Å². The number of esters is 1. The monoisotopic (exact) mass is 313 g/mol. The largest absolute Gasteiger partial charge is 0.469 e. The minimum absolute atomic E-state index is 0.0993. The topological polar surface area (TPSA) is 46.6 Å². The van der Waals surface area contributed by atoms with Gasteiger partial charge in [-0.05, 0) is 24.6 Å². The van der Waals surface area contributed by atoms with E-state index in [4.69, 9.17) is 0 Å². The van der Waals surface area contributed by atoms with E-state index in [1.807, 2.05) is 19.1 Å². The van der Waals surface area contributed by atoms with Crippen molar-refractivity contribution in [1.29, 1.82) is 0 Å². The van der Waals surface area contributed by atoms with E-state index < -0.39 is 0 Å². The number of ether oxygens (including phenoxy) is 1. The Morgan fingerprint density at radius 2 is 2.06 bits per heavy atom. The number of methoxy groups -OCH3 is 1. The highest BCUT2D eigenvalue weighted by Crippen LogP contribution is 2.17. The quantitative estimate of drug-likeness (QED) is 0.802. The van der Waals surface area contributed by atoms with Crippen molar-refractivity contribution in [2.75, 3.05) is 20.7 Å². The smallest absolute Gasteiger partial charge is 0.307 e. The number of hydrogen-bond donors (Lipinski definition) is 0. The Bertz CT molecular complexity index is 460. The van der Waals surface area contributed by atoms with Crippen molar-refractivity contribution in [3.63, 3.8) is 0 Å². The predicted octanol–water partition coefficient (Wildman–Crippen LogP) is 2.39. The van der Waals surface area contributed by atoms with Crippen LogP contribution in [-0.4, -0.2) is 37.5 Å². The van der Waals surface area contributed by atoms with Crippen molar-refractivity contribution >= 4 is 27.8 Å². The first kappa shape index (κ1) is 14.7. The van der Waals surface area contributed by atoms with E-state index in [9.17, 15) is 9.59 Å². The van der Waals surface area contributed by atoms with Crippen molar-refractivity contribution < 1.29 is 14.3 Å². The lowest BCUT2D eigenvalue weighted by Gasteiger charge is -2.17. The van der Waals surface area contributed by atoms with Crippen LogP contribution in [0.5, 0.6) is 0 Å². The van der Waals surface area contributed by atoms with Gasteiger partial charge in [0, 0.05) is 23.6 Å². The molecule has 1 aromatic rings. The minimum Gasteiger partial charge on any atom is -0.469 e. The van der Waals surface area contributed by atoms with Crippen molar-refractivity contribution in [3.8, 4) is 0 Å². The van der Waals surface area contributed by atoms with Crippen molar-refractivity contribution in [3.05, 3.63) is 33.8 Å². The first-order valence-corrected chi connectivity index (χ1v) is 6.33. The molecule has 0 saturated heterocycles. The first-order valence-electron chi connectivity index (χ1n) is 5.54. The van der Waals surface area contributed by atoms with Crippen LogP contribution in [0.4, 0.5) is 0 Å². The molecule has 0 spiro atoms. The zero-order valence-electron chi connectivity index (χ0n) is 10.7. The summed E-state index contributed by atoms with van der Waals surface area (Å²) in [6, 6.07) is 5.55. The lowest BCUT2D eigenvalue weighted by Crippen LogP contribution is -2.29. The molecule has 0 atom stereocenters. The van der Waals surface area contributed by atoms with Gasteiger partial charge in [0.1, 0.15) is 0 Å². The number of nitrogens with zero attached hydrogens (tertiary/aromatic N) is 1. The highest BCUT2D eigenvalue weighted by atomic mass is 79.9. The second-order valence-electron chi connectivity index (χ2n) is 4.01. The summed E-state index contributed by atoms with van der Waals surface area (Å²) < 4.78 is 5.40. The predicted molar refractivity (Wildman–Crippen MR) is 72.5 cm³/mol. The Kier molecular flexibility index (Phi) is 5.34. The molecule has 4 nitrogen and oxygen atoms in total. The van der Waals surface area contributed by atoms with E-state index >= 15 is 0 Å². The molecule has 1 rings (SSSR count). The van der Waals surface area contributed by atoms with Crippen molar-refractivity contribution in [2.45, 2.75) is 13.3 Å². The molecule has 1 aromatic carbocycles. The molecular formula is C13H16BrNO3. The molecule has 0 bridgehead atoms. The number of amides is 1. The van der Waals surface area contributed by atoms with Crippen molar-refractivity contribution in [1.82, 2.24) is 4.90 Å². The fourth-order valence-corrected chi connectivity index (χ4v) is 1.85. The SMILES string of the molecule is COC(=O)CCN(C)C(=O)c1cc(Br)ccc1C. The third-order valence-electron chi connectivity index (χ3n) is 2.66. The number of halogens is 1. The van der Waals surface area contributed by atoms with Gasteiger partial charge in [0.05, 0.1) is 13.5 Å².